The van der Waals surface area contributed by atoms with Crippen LogP contribution in [0.2, 0.25) is 0 Å². The number of benzene rings is 1. The second kappa shape index (κ2) is 11.5. The minimum atomic E-state index is -3.06. The summed E-state index contributed by atoms with van der Waals surface area (Å²) in [6.45, 7) is 8.49. The van der Waals surface area contributed by atoms with Crippen LogP contribution < -0.4 is 10.5 Å². The number of nitrogen functional groups attached to an aromatic ring is 1. The first-order chi connectivity index (χ1) is 18.0. The topological polar surface area (TPSA) is 105 Å². The predicted molar refractivity (Wildman–Crippen MR) is 146 cm³/mol. The molecule has 10 heteroatoms. The molecule has 1 aliphatic heterocycles. The number of nitrogens with zero attached hydrogens (tertiary/aromatic N) is 4. The third-order valence-electron chi connectivity index (χ3n) is 7.35. The Morgan fingerprint density at radius 3 is 2.62 bits per heavy atom. The number of anilines is 1. The minimum absolute atomic E-state index is 0.329. The normalized spacial score (nSPS) is 20.1. The van der Waals surface area contributed by atoms with E-state index < -0.39 is 7.60 Å². The molecule has 1 saturated heterocycles. The fourth-order valence-corrected chi connectivity index (χ4v) is 7.01. The Morgan fingerprint density at radius 2 is 1.92 bits per heavy atom. The molecule has 2 N–H and O–H groups in total. The summed E-state index contributed by atoms with van der Waals surface area (Å²) in [5.41, 5.74) is 9.28. The SMILES string of the molecule is CCOP(=O)(CCCOc1cccc(-c2cn([C@H]3C[C@@H](CN4CCC4)C3)c3ncnc(N)c23)c1)OCC. The number of fused-ring (bicyclic) bond motifs is 1. The maximum absolute atomic E-state index is 12.7. The Balaban J connectivity index is 1.29. The summed E-state index contributed by atoms with van der Waals surface area (Å²) in [4.78, 5) is 11.5. The first-order valence-electron chi connectivity index (χ1n) is 13.4. The second-order valence-electron chi connectivity index (χ2n) is 9.95. The molecule has 1 aromatic carbocycles. The third kappa shape index (κ3) is 5.85. The van der Waals surface area contributed by atoms with Gasteiger partial charge in [-0.2, -0.15) is 0 Å². The van der Waals surface area contributed by atoms with Gasteiger partial charge in [-0.05, 0) is 76.2 Å². The van der Waals surface area contributed by atoms with Gasteiger partial charge in [-0.1, -0.05) is 12.1 Å². The molecular weight excluding hydrogens is 489 g/mol. The van der Waals surface area contributed by atoms with Gasteiger partial charge in [0.05, 0.1) is 31.4 Å². The van der Waals surface area contributed by atoms with Gasteiger partial charge >= 0.3 is 7.60 Å². The van der Waals surface area contributed by atoms with Gasteiger partial charge in [-0.25, -0.2) is 9.97 Å². The Bertz CT molecular complexity index is 1240. The van der Waals surface area contributed by atoms with Crippen LogP contribution in [0.3, 0.4) is 0 Å². The summed E-state index contributed by atoms with van der Waals surface area (Å²) < 4.78 is 31.7. The number of rotatable bonds is 13. The van der Waals surface area contributed by atoms with E-state index in [4.69, 9.17) is 19.5 Å². The fourth-order valence-electron chi connectivity index (χ4n) is 5.37. The van der Waals surface area contributed by atoms with Crippen LogP contribution in [0.15, 0.2) is 36.8 Å². The van der Waals surface area contributed by atoms with Gasteiger partial charge in [-0.15, -0.1) is 0 Å². The minimum Gasteiger partial charge on any atom is -0.494 e. The number of ether oxygens (including phenoxy) is 1. The number of aromatic nitrogens is 3. The van der Waals surface area contributed by atoms with E-state index in [1.165, 1.54) is 38.9 Å². The zero-order chi connectivity index (χ0) is 25.8. The summed E-state index contributed by atoms with van der Waals surface area (Å²) in [5.74, 6) is 1.99. The van der Waals surface area contributed by atoms with Crippen molar-refractivity contribution in [1.29, 1.82) is 0 Å². The van der Waals surface area contributed by atoms with Crippen LogP contribution in [-0.2, 0) is 13.6 Å². The van der Waals surface area contributed by atoms with Crippen LogP contribution >= 0.6 is 7.60 Å². The largest absolute Gasteiger partial charge is 0.494 e. The molecule has 0 radical (unpaired) electrons. The molecular formula is C27H38N5O4P. The van der Waals surface area contributed by atoms with E-state index >= 15 is 0 Å². The van der Waals surface area contributed by atoms with Gasteiger partial charge in [0.1, 0.15) is 23.5 Å². The molecule has 3 aromatic rings. The van der Waals surface area contributed by atoms with Crippen molar-refractivity contribution in [3.8, 4) is 16.9 Å². The Kier molecular flexibility index (Phi) is 8.15. The molecule has 2 aliphatic rings. The highest BCUT2D eigenvalue weighted by Crippen LogP contribution is 2.48. The lowest BCUT2D eigenvalue weighted by molar-refractivity contribution is 0.0921. The van der Waals surface area contributed by atoms with E-state index in [2.05, 4.69) is 31.7 Å². The highest BCUT2D eigenvalue weighted by Gasteiger charge is 2.34. The van der Waals surface area contributed by atoms with Crippen molar-refractivity contribution in [2.45, 2.75) is 45.6 Å². The van der Waals surface area contributed by atoms with Crippen LogP contribution in [-0.4, -0.2) is 65.1 Å². The van der Waals surface area contributed by atoms with E-state index in [-0.39, 0.29) is 0 Å². The molecule has 1 aliphatic carbocycles. The maximum atomic E-state index is 12.7. The van der Waals surface area contributed by atoms with Crippen molar-refractivity contribution >= 4 is 24.4 Å². The standard InChI is InChI=1S/C27H38N5O4P/c1-3-35-37(33,36-4-2)13-7-12-34-23-9-5-8-21(16-23)24-18-32(27-25(24)26(28)29-19-30-27)22-14-20(15-22)17-31-10-6-11-31/h5,8-9,16,18-20,22H,3-4,6-7,10-15,17H2,1-2H3,(H2,28,29,30)/t20-,22+. The van der Waals surface area contributed by atoms with Crippen LogP contribution in [0.25, 0.3) is 22.2 Å². The lowest BCUT2D eigenvalue weighted by Crippen LogP contribution is -2.43. The first kappa shape index (κ1) is 26.2. The summed E-state index contributed by atoms with van der Waals surface area (Å²) in [7, 11) is -3.06. The first-order valence-corrected chi connectivity index (χ1v) is 15.2. The van der Waals surface area contributed by atoms with Gasteiger partial charge in [-0.3, -0.25) is 4.57 Å². The molecule has 2 aromatic heterocycles. The van der Waals surface area contributed by atoms with Crippen molar-refractivity contribution in [2.75, 3.05) is 51.4 Å². The number of likely N-dealkylation sites (tertiary alicyclic amines) is 1. The molecule has 9 nitrogen and oxygen atoms in total. The highest BCUT2D eigenvalue weighted by atomic mass is 31.2. The average molecular weight is 528 g/mol. The molecule has 2 fully saturated rings. The highest BCUT2D eigenvalue weighted by molar-refractivity contribution is 7.53. The van der Waals surface area contributed by atoms with Gasteiger partial charge in [0.2, 0.25) is 0 Å². The average Bonchev–Trinajstić information content (AvgIpc) is 3.21. The quantitative estimate of drug-likeness (QED) is 0.234. The van der Waals surface area contributed by atoms with Gasteiger partial charge < -0.3 is 29.0 Å². The van der Waals surface area contributed by atoms with E-state index in [1.807, 2.05) is 32.0 Å². The van der Waals surface area contributed by atoms with Crippen LogP contribution in [0, 0.1) is 5.92 Å². The maximum Gasteiger partial charge on any atom is 0.330 e. The lowest BCUT2D eigenvalue weighted by atomic mass is 9.79. The van der Waals surface area contributed by atoms with Gasteiger partial charge in [0.25, 0.3) is 0 Å². The summed E-state index contributed by atoms with van der Waals surface area (Å²) >= 11 is 0. The molecule has 1 saturated carbocycles. The van der Waals surface area contributed by atoms with Crippen molar-refractivity contribution in [3.05, 3.63) is 36.8 Å². The summed E-state index contributed by atoms with van der Waals surface area (Å²) in [6.07, 6.45) is 8.30. The molecule has 0 spiro atoms. The van der Waals surface area contributed by atoms with Crippen molar-refractivity contribution in [1.82, 2.24) is 19.4 Å². The lowest BCUT2D eigenvalue weighted by Gasteiger charge is -2.42. The Hall–Kier alpha value is -2.45. The zero-order valence-corrected chi connectivity index (χ0v) is 22.7. The summed E-state index contributed by atoms with van der Waals surface area (Å²) in [5, 5.41) is 0.889. The fraction of sp³-hybridized carbons (Fsp3) is 0.556. The Morgan fingerprint density at radius 1 is 1.14 bits per heavy atom. The Labute approximate surface area is 218 Å². The van der Waals surface area contributed by atoms with E-state index in [1.54, 1.807) is 6.33 Å². The van der Waals surface area contributed by atoms with Crippen LogP contribution in [0.1, 0.15) is 45.6 Å². The molecule has 37 heavy (non-hydrogen) atoms. The number of hydrogen-bond acceptors (Lipinski definition) is 8. The third-order valence-corrected chi connectivity index (χ3v) is 9.52. The summed E-state index contributed by atoms with van der Waals surface area (Å²) in [6, 6.07) is 8.42. The smallest absolute Gasteiger partial charge is 0.330 e. The number of nitrogens with two attached hydrogens (primary N) is 1. The zero-order valence-electron chi connectivity index (χ0n) is 21.8. The van der Waals surface area contributed by atoms with Crippen LogP contribution in [0.5, 0.6) is 5.75 Å². The van der Waals surface area contributed by atoms with E-state index in [0.29, 0.717) is 44.3 Å². The predicted octanol–water partition coefficient (Wildman–Crippen LogP) is 5.37. The second-order valence-corrected chi connectivity index (χ2v) is 12.1. The monoisotopic (exact) mass is 527 g/mol. The molecule has 3 heterocycles. The van der Waals surface area contributed by atoms with E-state index in [9.17, 15) is 4.57 Å². The van der Waals surface area contributed by atoms with Crippen molar-refractivity contribution in [2.24, 2.45) is 5.92 Å². The van der Waals surface area contributed by atoms with E-state index in [0.717, 1.165) is 33.8 Å². The molecule has 0 atom stereocenters. The molecule has 0 unspecified atom stereocenters. The molecule has 0 bridgehead atoms. The number of hydrogen-bond donors (Lipinski definition) is 1. The van der Waals surface area contributed by atoms with Crippen molar-refractivity contribution in [3.63, 3.8) is 0 Å². The van der Waals surface area contributed by atoms with Crippen molar-refractivity contribution < 1.29 is 18.3 Å². The molecule has 0 amide bonds. The molecule has 5 rings (SSSR count). The van der Waals surface area contributed by atoms with Crippen LogP contribution in [0.4, 0.5) is 5.82 Å². The van der Waals surface area contributed by atoms with Gasteiger partial charge in [0.15, 0.2) is 0 Å². The molecule has 200 valence electrons. The van der Waals surface area contributed by atoms with Gasteiger partial charge in [0, 0.05) is 24.3 Å².